The molecule has 21 heavy (non-hydrogen) atoms. The maximum absolute atomic E-state index is 5.98. The maximum atomic E-state index is 5.98. The molecule has 1 aromatic heterocycles. The van der Waals surface area contributed by atoms with Crippen molar-refractivity contribution in [3.63, 3.8) is 0 Å². The first-order valence-corrected chi connectivity index (χ1v) is 8.55. The zero-order valence-corrected chi connectivity index (χ0v) is 14.0. The standard InChI is InChI=1S/C17H22BrN3/c1-2-21(16-8-3-5-12(16)11-19)17-14-6-4-7-15(18)13(14)9-10-20-17/h4,6-7,9-10,12,16H,2-3,5,8,11,19H2,1H3. The molecule has 112 valence electrons. The number of nitrogens with zero attached hydrogens (tertiary/aromatic N) is 2. The minimum Gasteiger partial charge on any atom is -0.353 e. The minimum atomic E-state index is 0.525. The van der Waals surface area contributed by atoms with Gasteiger partial charge in [-0.15, -0.1) is 0 Å². The van der Waals surface area contributed by atoms with Crippen LogP contribution in [0, 0.1) is 5.92 Å². The highest BCUT2D eigenvalue weighted by molar-refractivity contribution is 9.10. The van der Waals surface area contributed by atoms with Crippen LogP contribution in [0.1, 0.15) is 26.2 Å². The van der Waals surface area contributed by atoms with E-state index in [0.29, 0.717) is 12.0 Å². The van der Waals surface area contributed by atoms with Crippen LogP contribution in [0.25, 0.3) is 10.8 Å². The van der Waals surface area contributed by atoms with Crippen molar-refractivity contribution in [3.8, 4) is 0 Å². The lowest BCUT2D eigenvalue weighted by atomic mass is 10.0. The van der Waals surface area contributed by atoms with Crippen LogP contribution in [0.5, 0.6) is 0 Å². The summed E-state index contributed by atoms with van der Waals surface area (Å²) in [5, 5.41) is 2.44. The first-order valence-electron chi connectivity index (χ1n) is 7.76. The number of hydrogen-bond donors (Lipinski definition) is 1. The predicted molar refractivity (Wildman–Crippen MR) is 92.6 cm³/mol. The largest absolute Gasteiger partial charge is 0.353 e. The highest BCUT2D eigenvalue weighted by Gasteiger charge is 2.31. The van der Waals surface area contributed by atoms with Crippen molar-refractivity contribution in [1.82, 2.24) is 4.98 Å². The van der Waals surface area contributed by atoms with Crippen molar-refractivity contribution >= 4 is 32.5 Å². The van der Waals surface area contributed by atoms with E-state index in [1.54, 1.807) is 0 Å². The van der Waals surface area contributed by atoms with E-state index in [2.05, 4.69) is 52.0 Å². The number of pyridine rings is 1. The van der Waals surface area contributed by atoms with Gasteiger partial charge in [-0.1, -0.05) is 34.5 Å². The third-order valence-corrected chi connectivity index (χ3v) is 5.36. The van der Waals surface area contributed by atoms with Crippen LogP contribution < -0.4 is 10.6 Å². The molecule has 0 amide bonds. The third kappa shape index (κ3) is 2.67. The van der Waals surface area contributed by atoms with Crippen LogP contribution in [-0.4, -0.2) is 24.1 Å². The first kappa shape index (κ1) is 14.8. The van der Waals surface area contributed by atoms with Crippen molar-refractivity contribution in [1.29, 1.82) is 0 Å². The molecule has 1 saturated carbocycles. The quantitative estimate of drug-likeness (QED) is 0.910. The molecule has 1 aromatic carbocycles. The van der Waals surface area contributed by atoms with E-state index in [1.165, 1.54) is 30.0 Å². The average molecular weight is 348 g/mol. The lowest BCUT2D eigenvalue weighted by molar-refractivity contribution is 0.460. The summed E-state index contributed by atoms with van der Waals surface area (Å²) in [6.45, 7) is 3.96. The zero-order valence-electron chi connectivity index (χ0n) is 12.4. The molecular weight excluding hydrogens is 326 g/mol. The van der Waals surface area contributed by atoms with Gasteiger partial charge >= 0.3 is 0 Å². The predicted octanol–water partition coefficient (Wildman–Crippen LogP) is 3.95. The van der Waals surface area contributed by atoms with E-state index < -0.39 is 0 Å². The van der Waals surface area contributed by atoms with Gasteiger partial charge in [0.05, 0.1) is 0 Å². The maximum Gasteiger partial charge on any atom is 0.136 e. The van der Waals surface area contributed by atoms with Crippen molar-refractivity contribution in [2.24, 2.45) is 11.7 Å². The van der Waals surface area contributed by atoms with Gasteiger partial charge in [0, 0.05) is 34.0 Å². The lowest BCUT2D eigenvalue weighted by Gasteiger charge is -2.33. The van der Waals surface area contributed by atoms with Gasteiger partial charge < -0.3 is 10.6 Å². The van der Waals surface area contributed by atoms with Crippen LogP contribution in [0.4, 0.5) is 5.82 Å². The van der Waals surface area contributed by atoms with Crippen molar-refractivity contribution < 1.29 is 0 Å². The van der Waals surface area contributed by atoms with Gasteiger partial charge in [-0.2, -0.15) is 0 Å². The Morgan fingerprint density at radius 2 is 2.14 bits per heavy atom. The molecule has 1 fully saturated rings. The summed E-state index contributed by atoms with van der Waals surface area (Å²) in [7, 11) is 0. The fraction of sp³-hybridized carbons (Fsp3) is 0.471. The summed E-state index contributed by atoms with van der Waals surface area (Å²) in [6.07, 6.45) is 5.66. The Kier molecular flexibility index (Phi) is 4.45. The molecule has 3 rings (SSSR count). The number of anilines is 1. The molecule has 0 spiro atoms. The van der Waals surface area contributed by atoms with E-state index in [0.717, 1.165) is 23.4 Å². The number of fused-ring (bicyclic) bond motifs is 1. The lowest BCUT2D eigenvalue weighted by Crippen LogP contribution is -2.41. The van der Waals surface area contributed by atoms with E-state index in [9.17, 15) is 0 Å². The smallest absolute Gasteiger partial charge is 0.136 e. The minimum absolute atomic E-state index is 0.525. The molecule has 0 saturated heterocycles. The Bertz CT molecular complexity index is 628. The molecule has 1 heterocycles. The SMILES string of the molecule is CCN(c1nccc2c(Br)cccc12)C1CCCC1CN. The summed E-state index contributed by atoms with van der Waals surface area (Å²) in [4.78, 5) is 7.15. The Morgan fingerprint density at radius 1 is 1.29 bits per heavy atom. The second-order valence-electron chi connectivity index (χ2n) is 5.75. The summed E-state index contributed by atoms with van der Waals surface area (Å²) >= 11 is 3.64. The van der Waals surface area contributed by atoms with Crippen molar-refractivity contribution in [3.05, 3.63) is 34.9 Å². The molecule has 0 aliphatic heterocycles. The van der Waals surface area contributed by atoms with Crippen LogP contribution in [0.2, 0.25) is 0 Å². The second-order valence-corrected chi connectivity index (χ2v) is 6.60. The molecule has 2 aromatic rings. The summed E-state index contributed by atoms with van der Waals surface area (Å²) in [6, 6.07) is 8.93. The van der Waals surface area contributed by atoms with Gasteiger partial charge in [0.25, 0.3) is 0 Å². The van der Waals surface area contributed by atoms with Crippen LogP contribution in [0.3, 0.4) is 0 Å². The molecule has 4 heteroatoms. The summed E-state index contributed by atoms with van der Waals surface area (Å²) in [5.41, 5.74) is 5.98. The fourth-order valence-corrected chi connectivity index (χ4v) is 4.12. The second kappa shape index (κ2) is 6.32. The summed E-state index contributed by atoms with van der Waals surface area (Å²) in [5.74, 6) is 1.69. The third-order valence-electron chi connectivity index (χ3n) is 4.67. The fourth-order valence-electron chi connectivity index (χ4n) is 3.63. The molecule has 0 bridgehead atoms. The van der Waals surface area contributed by atoms with E-state index in [1.807, 2.05) is 6.20 Å². The van der Waals surface area contributed by atoms with Crippen molar-refractivity contribution in [2.45, 2.75) is 32.2 Å². The Morgan fingerprint density at radius 3 is 2.90 bits per heavy atom. The monoisotopic (exact) mass is 347 g/mol. The van der Waals surface area contributed by atoms with Gasteiger partial charge in [-0.05, 0) is 44.4 Å². The van der Waals surface area contributed by atoms with Gasteiger partial charge in [-0.25, -0.2) is 4.98 Å². The van der Waals surface area contributed by atoms with Crippen molar-refractivity contribution in [2.75, 3.05) is 18.0 Å². The van der Waals surface area contributed by atoms with Crippen LogP contribution in [0.15, 0.2) is 34.9 Å². The Hall–Kier alpha value is -1.13. The topological polar surface area (TPSA) is 42.2 Å². The van der Waals surface area contributed by atoms with E-state index in [4.69, 9.17) is 10.7 Å². The number of nitrogens with two attached hydrogens (primary N) is 1. The highest BCUT2D eigenvalue weighted by Crippen LogP contribution is 2.36. The normalized spacial score (nSPS) is 21.9. The molecule has 1 aliphatic carbocycles. The number of rotatable bonds is 4. The van der Waals surface area contributed by atoms with Crippen LogP contribution in [-0.2, 0) is 0 Å². The molecule has 2 N–H and O–H groups in total. The number of aromatic nitrogens is 1. The number of benzene rings is 1. The van der Waals surface area contributed by atoms with Gasteiger partial charge in [0.1, 0.15) is 5.82 Å². The average Bonchev–Trinajstić information content (AvgIpc) is 2.97. The molecule has 3 nitrogen and oxygen atoms in total. The first-order chi connectivity index (χ1) is 10.3. The molecule has 2 atom stereocenters. The van der Waals surface area contributed by atoms with Crippen LogP contribution >= 0.6 is 15.9 Å². The van der Waals surface area contributed by atoms with Gasteiger partial charge in [0.15, 0.2) is 0 Å². The van der Waals surface area contributed by atoms with Gasteiger partial charge in [-0.3, -0.25) is 0 Å². The highest BCUT2D eigenvalue weighted by atomic mass is 79.9. The number of halogens is 1. The summed E-state index contributed by atoms with van der Waals surface area (Å²) < 4.78 is 1.13. The zero-order chi connectivity index (χ0) is 14.8. The molecule has 0 radical (unpaired) electrons. The molecular formula is C17H22BrN3. The van der Waals surface area contributed by atoms with Gasteiger partial charge in [0.2, 0.25) is 0 Å². The molecule has 1 aliphatic rings. The number of hydrogen-bond acceptors (Lipinski definition) is 3. The Balaban J connectivity index is 2.07. The van der Waals surface area contributed by atoms with E-state index >= 15 is 0 Å². The molecule has 2 unspecified atom stereocenters. The van der Waals surface area contributed by atoms with E-state index in [-0.39, 0.29) is 0 Å². The Labute approximate surface area is 134 Å².